The zero-order valence-corrected chi connectivity index (χ0v) is 14.2. The van der Waals surface area contributed by atoms with Gasteiger partial charge in [-0.2, -0.15) is 5.10 Å². The molecule has 0 unspecified atom stereocenters. The van der Waals surface area contributed by atoms with Gasteiger partial charge in [-0.3, -0.25) is 9.89 Å². The first-order valence-corrected chi connectivity index (χ1v) is 8.06. The fraction of sp³-hybridized carbons (Fsp3) is 0.111. The Labute approximate surface area is 143 Å². The minimum absolute atomic E-state index is 0.141. The molecule has 0 saturated heterocycles. The fourth-order valence-electron chi connectivity index (χ4n) is 2.36. The molecule has 0 radical (unpaired) electrons. The lowest BCUT2D eigenvalue weighted by molar-refractivity contribution is 0.0951. The van der Waals surface area contributed by atoms with Crippen LogP contribution < -0.4 is 5.32 Å². The average molecular weight is 370 g/mol. The summed E-state index contributed by atoms with van der Waals surface area (Å²) in [5, 5.41) is 9.87. The first-order valence-electron chi connectivity index (χ1n) is 7.26. The lowest BCUT2D eigenvalue weighted by atomic mass is 10.1. The molecule has 0 aliphatic carbocycles. The number of halogens is 1. The van der Waals surface area contributed by atoms with Gasteiger partial charge in [0.2, 0.25) is 0 Å². The van der Waals surface area contributed by atoms with Gasteiger partial charge in [-0.25, -0.2) is 0 Å². The summed E-state index contributed by atoms with van der Waals surface area (Å²) in [5.41, 5.74) is 4.42. The van der Waals surface area contributed by atoms with Gasteiger partial charge in [-0.1, -0.05) is 51.8 Å². The summed E-state index contributed by atoms with van der Waals surface area (Å²) in [7, 11) is 0. The second kappa shape index (κ2) is 6.79. The number of aromatic amines is 1. The summed E-state index contributed by atoms with van der Waals surface area (Å²) in [6.45, 7) is 2.50. The van der Waals surface area contributed by atoms with Gasteiger partial charge >= 0.3 is 0 Å². The van der Waals surface area contributed by atoms with Crippen LogP contribution in [0.25, 0.3) is 11.3 Å². The molecule has 4 nitrogen and oxygen atoms in total. The summed E-state index contributed by atoms with van der Waals surface area (Å²) < 4.78 is 1.02. The zero-order valence-electron chi connectivity index (χ0n) is 12.6. The number of rotatable bonds is 4. The number of aryl methyl sites for hydroxylation is 1. The third kappa shape index (κ3) is 3.68. The van der Waals surface area contributed by atoms with Gasteiger partial charge < -0.3 is 5.32 Å². The minimum atomic E-state index is -0.141. The van der Waals surface area contributed by atoms with Crippen LogP contribution in [0.3, 0.4) is 0 Å². The molecule has 0 bridgehead atoms. The van der Waals surface area contributed by atoms with Crippen molar-refractivity contribution < 1.29 is 4.79 Å². The van der Waals surface area contributed by atoms with E-state index in [4.69, 9.17) is 0 Å². The predicted octanol–water partition coefficient (Wildman–Crippen LogP) is 4.08. The molecular weight excluding hydrogens is 354 g/mol. The van der Waals surface area contributed by atoms with Crippen LogP contribution in [0.2, 0.25) is 0 Å². The Hall–Kier alpha value is -2.40. The van der Waals surface area contributed by atoms with Crippen LogP contribution in [-0.2, 0) is 6.54 Å². The molecule has 1 amide bonds. The van der Waals surface area contributed by atoms with Gasteiger partial charge in [-0.15, -0.1) is 0 Å². The lowest BCUT2D eigenvalue weighted by Gasteiger charge is -2.07. The van der Waals surface area contributed by atoms with Crippen molar-refractivity contribution in [2.75, 3.05) is 0 Å². The van der Waals surface area contributed by atoms with Gasteiger partial charge in [0, 0.05) is 16.6 Å². The Morgan fingerprint density at radius 3 is 2.74 bits per heavy atom. The number of carbonyl (C=O) groups is 1. The van der Waals surface area contributed by atoms with Crippen LogP contribution in [-0.4, -0.2) is 16.1 Å². The lowest BCUT2D eigenvalue weighted by Crippen LogP contribution is -2.22. The highest BCUT2D eigenvalue weighted by molar-refractivity contribution is 9.10. The number of benzene rings is 2. The quantitative estimate of drug-likeness (QED) is 0.727. The molecule has 0 saturated carbocycles. The summed E-state index contributed by atoms with van der Waals surface area (Å²) in [4.78, 5) is 12.4. The SMILES string of the molecule is Cc1cccc(-c2[nH]ncc2C(=O)NCc2ccc(Br)cc2)c1. The van der Waals surface area contributed by atoms with E-state index in [9.17, 15) is 4.79 Å². The number of amides is 1. The van der Waals surface area contributed by atoms with Crippen molar-refractivity contribution in [1.82, 2.24) is 15.5 Å². The van der Waals surface area contributed by atoms with Crippen molar-refractivity contribution >= 4 is 21.8 Å². The van der Waals surface area contributed by atoms with Crippen LogP contribution >= 0.6 is 15.9 Å². The highest BCUT2D eigenvalue weighted by Crippen LogP contribution is 2.22. The molecule has 0 fully saturated rings. The Kier molecular flexibility index (Phi) is 4.57. The van der Waals surface area contributed by atoms with Crippen LogP contribution in [0.15, 0.2) is 59.2 Å². The molecule has 0 atom stereocenters. The maximum absolute atomic E-state index is 12.4. The number of aromatic nitrogens is 2. The van der Waals surface area contributed by atoms with Crippen molar-refractivity contribution in [3.8, 4) is 11.3 Å². The number of nitrogens with one attached hydrogen (secondary N) is 2. The van der Waals surface area contributed by atoms with E-state index in [-0.39, 0.29) is 5.91 Å². The molecule has 1 heterocycles. The summed E-state index contributed by atoms with van der Waals surface area (Å²) >= 11 is 3.40. The molecule has 0 spiro atoms. The number of carbonyl (C=O) groups excluding carboxylic acids is 1. The average Bonchev–Trinajstić information content (AvgIpc) is 3.04. The molecule has 2 N–H and O–H groups in total. The fourth-order valence-corrected chi connectivity index (χ4v) is 2.62. The first kappa shape index (κ1) is 15.5. The van der Waals surface area contributed by atoms with Gasteiger partial charge in [0.15, 0.2) is 0 Å². The molecule has 3 rings (SSSR count). The van der Waals surface area contributed by atoms with Crippen LogP contribution in [0.1, 0.15) is 21.5 Å². The molecule has 23 heavy (non-hydrogen) atoms. The van der Waals surface area contributed by atoms with E-state index in [1.54, 1.807) is 6.20 Å². The van der Waals surface area contributed by atoms with E-state index in [0.717, 1.165) is 26.9 Å². The Morgan fingerprint density at radius 2 is 2.00 bits per heavy atom. The number of H-pyrrole nitrogens is 1. The maximum atomic E-state index is 12.4. The highest BCUT2D eigenvalue weighted by Gasteiger charge is 2.15. The molecular formula is C18H16BrN3O. The maximum Gasteiger partial charge on any atom is 0.255 e. The third-order valence-corrected chi connectivity index (χ3v) is 4.09. The Bertz CT molecular complexity index is 824. The topological polar surface area (TPSA) is 57.8 Å². The van der Waals surface area contributed by atoms with Crippen LogP contribution in [0, 0.1) is 6.92 Å². The summed E-state index contributed by atoms with van der Waals surface area (Å²) in [5.74, 6) is -0.141. The normalized spacial score (nSPS) is 10.5. The molecule has 1 aromatic heterocycles. The molecule has 3 aromatic rings. The van der Waals surface area contributed by atoms with E-state index < -0.39 is 0 Å². The minimum Gasteiger partial charge on any atom is -0.348 e. The number of nitrogens with zero attached hydrogens (tertiary/aromatic N) is 1. The molecule has 5 heteroatoms. The van der Waals surface area contributed by atoms with E-state index in [1.165, 1.54) is 0 Å². The largest absolute Gasteiger partial charge is 0.348 e. The highest BCUT2D eigenvalue weighted by atomic mass is 79.9. The van der Waals surface area contributed by atoms with Crippen molar-refractivity contribution in [3.63, 3.8) is 0 Å². The molecule has 0 aliphatic rings. The Balaban J connectivity index is 1.76. The van der Waals surface area contributed by atoms with Crippen molar-refractivity contribution in [1.29, 1.82) is 0 Å². The van der Waals surface area contributed by atoms with E-state index in [1.807, 2.05) is 55.5 Å². The van der Waals surface area contributed by atoms with Crippen molar-refractivity contribution in [3.05, 3.63) is 75.9 Å². The summed E-state index contributed by atoms with van der Waals surface area (Å²) in [6, 6.07) is 15.8. The van der Waals surface area contributed by atoms with Gasteiger partial charge in [0.1, 0.15) is 0 Å². The van der Waals surface area contributed by atoms with Gasteiger partial charge in [0.25, 0.3) is 5.91 Å². The second-order valence-electron chi connectivity index (χ2n) is 5.34. The Morgan fingerprint density at radius 1 is 1.22 bits per heavy atom. The predicted molar refractivity (Wildman–Crippen MR) is 94.1 cm³/mol. The van der Waals surface area contributed by atoms with E-state index in [2.05, 4.69) is 31.4 Å². The van der Waals surface area contributed by atoms with Crippen molar-refractivity contribution in [2.24, 2.45) is 0 Å². The molecule has 0 aliphatic heterocycles. The molecule has 116 valence electrons. The third-order valence-electron chi connectivity index (χ3n) is 3.56. The smallest absolute Gasteiger partial charge is 0.255 e. The number of hydrogen-bond acceptors (Lipinski definition) is 2. The van der Waals surface area contributed by atoms with Crippen LogP contribution in [0.4, 0.5) is 0 Å². The van der Waals surface area contributed by atoms with Gasteiger partial charge in [-0.05, 0) is 30.7 Å². The number of hydrogen-bond donors (Lipinski definition) is 2. The van der Waals surface area contributed by atoms with E-state index >= 15 is 0 Å². The van der Waals surface area contributed by atoms with Crippen molar-refractivity contribution in [2.45, 2.75) is 13.5 Å². The first-order chi connectivity index (χ1) is 11.1. The molecule has 2 aromatic carbocycles. The zero-order chi connectivity index (χ0) is 16.2. The monoisotopic (exact) mass is 369 g/mol. The van der Waals surface area contributed by atoms with Crippen LogP contribution in [0.5, 0.6) is 0 Å². The second-order valence-corrected chi connectivity index (χ2v) is 6.25. The van der Waals surface area contributed by atoms with Gasteiger partial charge in [0.05, 0.1) is 17.5 Å². The van der Waals surface area contributed by atoms with E-state index in [0.29, 0.717) is 12.1 Å². The standard InChI is InChI=1S/C18H16BrN3O/c1-12-3-2-4-14(9-12)17-16(11-21-22-17)18(23)20-10-13-5-7-15(19)8-6-13/h2-9,11H,10H2,1H3,(H,20,23)(H,21,22). The summed E-state index contributed by atoms with van der Waals surface area (Å²) in [6.07, 6.45) is 1.56.